The molecule has 1 aromatic rings. The van der Waals surface area contributed by atoms with Crippen LogP contribution in [-0.4, -0.2) is 32.2 Å². The molecule has 0 aliphatic carbocycles. The van der Waals surface area contributed by atoms with E-state index in [1.807, 2.05) is 36.9 Å². The van der Waals surface area contributed by atoms with Crippen molar-refractivity contribution in [1.29, 1.82) is 0 Å². The van der Waals surface area contributed by atoms with Crippen LogP contribution < -0.4 is 10.0 Å². The molecule has 1 aliphatic rings. The van der Waals surface area contributed by atoms with Crippen LogP contribution in [0.4, 0.5) is 11.4 Å². The SMILES string of the molecule is Cc1cc(NC2CSCC(C)(C)C2)ccc1NS(C)(=O)=O. The van der Waals surface area contributed by atoms with Crippen LogP contribution in [0.1, 0.15) is 25.8 Å². The van der Waals surface area contributed by atoms with Crippen LogP contribution >= 0.6 is 11.8 Å². The van der Waals surface area contributed by atoms with Crippen molar-refractivity contribution < 1.29 is 8.42 Å². The zero-order valence-corrected chi connectivity index (χ0v) is 14.7. The Kier molecular flexibility index (Phi) is 4.78. The van der Waals surface area contributed by atoms with Gasteiger partial charge in [-0.1, -0.05) is 13.8 Å². The molecule has 0 radical (unpaired) electrons. The number of hydrogen-bond donors (Lipinski definition) is 2. The largest absolute Gasteiger partial charge is 0.381 e. The van der Waals surface area contributed by atoms with Crippen molar-refractivity contribution in [2.75, 3.05) is 27.8 Å². The van der Waals surface area contributed by atoms with Gasteiger partial charge in [-0.05, 0) is 48.3 Å². The Labute approximate surface area is 132 Å². The van der Waals surface area contributed by atoms with Gasteiger partial charge in [-0.15, -0.1) is 0 Å². The van der Waals surface area contributed by atoms with Gasteiger partial charge >= 0.3 is 0 Å². The van der Waals surface area contributed by atoms with Crippen molar-refractivity contribution in [1.82, 2.24) is 0 Å². The number of benzene rings is 1. The molecule has 6 heteroatoms. The molecule has 1 aromatic carbocycles. The van der Waals surface area contributed by atoms with E-state index in [-0.39, 0.29) is 0 Å². The number of hydrogen-bond acceptors (Lipinski definition) is 4. The first-order valence-corrected chi connectivity index (χ1v) is 10.1. The standard InChI is InChI=1S/C15H24N2O2S2/c1-11-7-12(5-6-14(11)17-21(4,18)19)16-13-8-15(2,3)10-20-9-13/h5-7,13,16-17H,8-10H2,1-4H3. The summed E-state index contributed by atoms with van der Waals surface area (Å²) in [5.74, 6) is 2.33. The zero-order valence-electron chi connectivity index (χ0n) is 13.1. The summed E-state index contributed by atoms with van der Waals surface area (Å²) in [5.41, 5.74) is 2.98. The van der Waals surface area contributed by atoms with Crippen LogP contribution in [0, 0.1) is 12.3 Å². The molecule has 1 saturated heterocycles. The van der Waals surface area contributed by atoms with Crippen LogP contribution in [0.3, 0.4) is 0 Å². The van der Waals surface area contributed by atoms with Crippen molar-refractivity contribution >= 4 is 33.2 Å². The third kappa shape index (κ3) is 5.11. The van der Waals surface area contributed by atoms with E-state index < -0.39 is 10.0 Å². The minimum atomic E-state index is -3.23. The first-order chi connectivity index (χ1) is 9.65. The minimum Gasteiger partial charge on any atom is -0.381 e. The average molecular weight is 329 g/mol. The summed E-state index contributed by atoms with van der Waals surface area (Å²) in [5, 5.41) is 3.57. The van der Waals surface area contributed by atoms with Gasteiger partial charge in [0, 0.05) is 17.5 Å². The molecule has 0 aromatic heterocycles. The lowest BCUT2D eigenvalue weighted by Gasteiger charge is -2.35. The third-order valence-electron chi connectivity index (χ3n) is 3.50. The number of thioether (sulfide) groups is 1. The highest BCUT2D eigenvalue weighted by atomic mass is 32.2. The predicted molar refractivity (Wildman–Crippen MR) is 92.8 cm³/mol. The van der Waals surface area contributed by atoms with Crippen molar-refractivity contribution in [2.45, 2.75) is 33.2 Å². The normalized spacial score (nSPS) is 21.8. The second-order valence-electron chi connectivity index (χ2n) is 6.63. The van der Waals surface area contributed by atoms with Crippen LogP contribution in [0.2, 0.25) is 0 Å². The van der Waals surface area contributed by atoms with Gasteiger partial charge in [0.05, 0.1) is 11.9 Å². The second-order valence-corrected chi connectivity index (χ2v) is 9.41. The fraction of sp³-hybridized carbons (Fsp3) is 0.600. The molecule has 0 spiro atoms. The molecule has 0 saturated carbocycles. The van der Waals surface area contributed by atoms with Gasteiger partial charge < -0.3 is 5.32 Å². The zero-order chi connectivity index (χ0) is 15.7. The van der Waals surface area contributed by atoms with E-state index in [2.05, 4.69) is 23.9 Å². The Morgan fingerprint density at radius 3 is 2.62 bits per heavy atom. The Morgan fingerprint density at radius 2 is 2.05 bits per heavy atom. The summed E-state index contributed by atoms with van der Waals surface area (Å²) < 4.78 is 25.1. The van der Waals surface area contributed by atoms with E-state index in [4.69, 9.17) is 0 Å². The molecule has 21 heavy (non-hydrogen) atoms. The molecular formula is C15H24N2O2S2. The molecule has 0 amide bonds. The van der Waals surface area contributed by atoms with E-state index in [0.29, 0.717) is 17.1 Å². The smallest absolute Gasteiger partial charge is 0.229 e. The maximum Gasteiger partial charge on any atom is 0.229 e. The second kappa shape index (κ2) is 6.08. The monoisotopic (exact) mass is 328 g/mol. The van der Waals surface area contributed by atoms with Gasteiger partial charge in [-0.3, -0.25) is 4.72 Å². The number of nitrogens with one attached hydrogen (secondary N) is 2. The lowest BCUT2D eigenvalue weighted by atomic mass is 9.88. The lowest BCUT2D eigenvalue weighted by molar-refractivity contribution is 0.358. The molecule has 1 unspecified atom stereocenters. The molecule has 1 heterocycles. The highest BCUT2D eigenvalue weighted by Gasteiger charge is 2.28. The van der Waals surface area contributed by atoms with E-state index in [9.17, 15) is 8.42 Å². The first kappa shape index (κ1) is 16.5. The molecule has 1 aliphatic heterocycles. The number of anilines is 2. The summed E-state index contributed by atoms with van der Waals surface area (Å²) in [6.07, 6.45) is 2.32. The first-order valence-electron chi connectivity index (χ1n) is 7.07. The minimum absolute atomic E-state index is 0.368. The number of aryl methyl sites for hydroxylation is 1. The van der Waals surface area contributed by atoms with Crippen LogP contribution in [0.5, 0.6) is 0 Å². The highest BCUT2D eigenvalue weighted by Crippen LogP contribution is 2.35. The molecule has 2 rings (SSSR count). The van der Waals surface area contributed by atoms with Gasteiger partial charge in [-0.2, -0.15) is 11.8 Å². The summed E-state index contributed by atoms with van der Waals surface area (Å²) in [4.78, 5) is 0. The van der Waals surface area contributed by atoms with Crippen molar-refractivity contribution in [3.05, 3.63) is 23.8 Å². The Balaban J connectivity index is 2.07. The van der Waals surface area contributed by atoms with Gasteiger partial charge in [0.15, 0.2) is 0 Å². The van der Waals surface area contributed by atoms with E-state index in [1.54, 1.807) is 0 Å². The molecule has 118 valence electrons. The number of rotatable bonds is 4. The van der Waals surface area contributed by atoms with E-state index in [1.165, 1.54) is 12.0 Å². The summed E-state index contributed by atoms with van der Waals surface area (Å²) in [6.45, 7) is 6.52. The Hall–Kier alpha value is -0.880. The van der Waals surface area contributed by atoms with Crippen LogP contribution in [-0.2, 0) is 10.0 Å². The predicted octanol–water partition coefficient (Wildman–Crippen LogP) is 3.31. The quantitative estimate of drug-likeness (QED) is 0.890. The summed E-state index contributed by atoms with van der Waals surface area (Å²) in [7, 11) is -3.23. The molecule has 2 N–H and O–H groups in total. The maximum absolute atomic E-state index is 11.3. The Morgan fingerprint density at radius 1 is 1.33 bits per heavy atom. The fourth-order valence-corrected chi connectivity index (χ4v) is 4.56. The Bertz CT molecular complexity index is 612. The fourth-order valence-electron chi connectivity index (χ4n) is 2.66. The maximum atomic E-state index is 11.3. The van der Waals surface area contributed by atoms with Crippen molar-refractivity contribution in [3.8, 4) is 0 Å². The summed E-state index contributed by atoms with van der Waals surface area (Å²) in [6, 6.07) is 6.22. The van der Waals surface area contributed by atoms with E-state index >= 15 is 0 Å². The van der Waals surface area contributed by atoms with Crippen molar-refractivity contribution in [3.63, 3.8) is 0 Å². The average Bonchev–Trinajstić information content (AvgIpc) is 2.30. The molecule has 4 nitrogen and oxygen atoms in total. The van der Waals surface area contributed by atoms with Gasteiger partial charge in [0.1, 0.15) is 0 Å². The van der Waals surface area contributed by atoms with E-state index in [0.717, 1.165) is 23.4 Å². The summed E-state index contributed by atoms with van der Waals surface area (Å²) >= 11 is 1.99. The van der Waals surface area contributed by atoms with Crippen molar-refractivity contribution in [2.24, 2.45) is 5.41 Å². The molecule has 1 fully saturated rings. The van der Waals surface area contributed by atoms with Crippen LogP contribution in [0.25, 0.3) is 0 Å². The third-order valence-corrected chi connectivity index (χ3v) is 5.72. The number of sulfonamides is 1. The molecular weight excluding hydrogens is 304 g/mol. The topological polar surface area (TPSA) is 58.2 Å². The van der Waals surface area contributed by atoms with Crippen LogP contribution in [0.15, 0.2) is 18.2 Å². The van der Waals surface area contributed by atoms with Gasteiger partial charge in [0.2, 0.25) is 10.0 Å². The molecule has 1 atom stereocenters. The highest BCUT2D eigenvalue weighted by molar-refractivity contribution is 7.99. The molecule has 0 bridgehead atoms. The van der Waals surface area contributed by atoms with Gasteiger partial charge in [0.25, 0.3) is 0 Å². The lowest BCUT2D eigenvalue weighted by Crippen LogP contribution is -2.35. The van der Waals surface area contributed by atoms with Gasteiger partial charge in [-0.25, -0.2) is 8.42 Å².